The van der Waals surface area contributed by atoms with Gasteiger partial charge < -0.3 is 9.88 Å². The summed E-state index contributed by atoms with van der Waals surface area (Å²) in [5.41, 5.74) is 0. The normalized spacial score (nSPS) is 18.3. The largest absolute Gasteiger partial charge is 0.338 e. The van der Waals surface area contributed by atoms with Crippen molar-refractivity contribution in [3.05, 3.63) is 18.2 Å². The molecule has 1 aromatic rings. The Hall–Kier alpha value is -0.830. The molecule has 1 aliphatic rings. The zero-order valence-electron chi connectivity index (χ0n) is 11.9. The molecule has 1 atom stereocenters. The van der Waals surface area contributed by atoms with E-state index in [9.17, 15) is 0 Å². The van der Waals surface area contributed by atoms with Gasteiger partial charge in [0.15, 0.2) is 0 Å². The van der Waals surface area contributed by atoms with Gasteiger partial charge >= 0.3 is 0 Å². The van der Waals surface area contributed by atoms with E-state index in [1.54, 1.807) is 0 Å². The Kier molecular flexibility index (Phi) is 5.24. The minimum Gasteiger partial charge on any atom is -0.338 e. The summed E-state index contributed by atoms with van der Waals surface area (Å²) in [6.45, 7) is 4.47. The van der Waals surface area contributed by atoms with E-state index in [2.05, 4.69) is 28.8 Å². The van der Waals surface area contributed by atoms with Crippen molar-refractivity contribution < 1.29 is 0 Å². The van der Waals surface area contributed by atoms with Crippen LogP contribution in [-0.2, 0) is 13.5 Å². The number of hydrogen-bond acceptors (Lipinski definition) is 2. The third kappa shape index (κ3) is 3.58. The fourth-order valence-electron chi connectivity index (χ4n) is 3.21. The molecule has 0 amide bonds. The molecule has 3 heteroatoms. The van der Waals surface area contributed by atoms with Crippen LogP contribution in [0.3, 0.4) is 0 Å². The highest BCUT2D eigenvalue weighted by Crippen LogP contribution is 2.33. The van der Waals surface area contributed by atoms with Crippen LogP contribution in [-0.4, -0.2) is 22.6 Å². The van der Waals surface area contributed by atoms with Gasteiger partial charge in [-0.3, -0.25) is 0 Å². The molecule has 0 saturated heterocycles. The van der Waals surface area contributed by atoms with Crippen molar-refractivity contribution >= 4 is 0 Å². The van der Waals surface area contributed by atoms with Gasteiger partial charge in [-0.15, -0.1) is 0 Å². The molecule has 0 bridgehead atoms. The number of rotatable bonds is 7. The fourth-order valence-corrected chi connectivity index (χ4v) is 3.21. The van der Waals surface area contributed by atoms with Crippen LogP contribution in [0.5, 0.6) is 0 Å². The smallest absolute Gasteiger partial charge is 0.108 e. The van der Waals surface area contributed by atoms with Crippen molar-refractivity contribution in [2.75, 3.05) is 13.1 Å². The molecule has 1 aromatic heterocycles. The van der Waals surface area contributed by atoms with Crippen molar-refractivity contribution in [1.29, 1.82) is 0 Å². The highest BCUT2D eigenvalue weighted by atomic mass is 15.0. The molecule has 1 saturated carbocycles. The molecule has 0 aliphatic heterocycles. The standard InChI is InChI=1S/C15H27N3/c1-3-16-12-14(13-6-4-5-7-13)8-9-15-17-10-11-18(15)2/h10-11,13-14,16H,3-9,12H2,1-2H3. The zero-order valence-corrected chi connectivity index (χ0v) is 11.9. The summed E-state index contributed by atoms with van der Waals surface area (Å²) in [6, 6.07) is 0. The SMILES string of the molecule is CCNCC(CCc1nccn1C)C1CCCC1. The van der Waals surface area contributed by atoms with Crippen molar-refractivity contribution in [3.8, 4) is 0 Å². The van der Waals surface area contributed by atoms with E-state index < -0.39 is 0 Å². The lowest BCUT2D eigenvalue weighted by Gasteiger charge is -2.23. The number of hydrogen-bond donors (Lipinski definition) is 1. The van der Waals surface area contributed by atoms with Crippen LogP contribution >= 0.6 is 0 Å². The van der Waals surface area contributed by atoms with E-state index in [1.807, 2.05) is 12.4 Å². The van der Waals surface area contributed by atoms with E-state index in [4.69, 9.17) is 0 Å². The third-order valence-corrected chi connectivity index (χ3v) is 4.38. The minimum atomic E-state index is 0.837. The first-order valence-corrected chi connectivity index (χ1v) is 7.48. The molecule has 1 unspecified atom stereocenters. The predicted octanol–water partition coefficient (Wildman–Crippen LogP) is 2.77. The molecule has 0 aromatic carbocycles. The average Bonchev–Trinajstić information content (AvgIpc) is 3.01. The number of nitrogens with zero attached hydrogens (tertiary/aromatic N) is 2. The average molecular weight is 249 g/mol. The summed E-state index contributed by atoms with van der Waals surface area (Å²) >= 11 is 0. The quantitative estimate of drug-likeness (QED) is 0.805. The lowest BCUT2D eigenvalue weighted by atomic mass is 9.87. The Bertz CT molecular complexity index is 339. The maximum absolute atomic E-state index is 4.44. The summed E-state index contributed by atoms with van der Waals surface area (Å²) in [7, 11) is 2.09. The minimum absolute atomic E-state index is 0.837. The Morgan fingerprint density at radius 1 is 1.44 bits per heavy atom. The van der Waals surface area contributed by atoms with Crippen LogP contribution in [0.4, 0.5) is 0 Å². The fraction of sp³-hybridized carbons (Fsp3) is 0.800. The van der Waals surface area contributed by atoms with Gasteiger partial charge in [0.2, 0.25) is 0 Å². The number of imidazole rings is 1. The van der Waals surface area contributed by atoms with Gasteiger partial charge in [-0.05, 0) is 31.3 Å². The maximum Gasteiger partial charge on any atom is 0.108 e. The number of aromatic nitrogens is 2. The molecule has 18 heavy (non-hydrogen) atoms. The van der Waals surface area contributed by atoms with Crippen LogP contribution in [0.1, 0.15) is 44.9 Å². The van der Waals surface area contributed by atoms with Crippen LogP contribution in [0, 0.1) is 11.8 Å². The number of nitrogens with one attached hydrogen (secondary N) is 1. The van der Waals surface area contributed by atoms with E-state index in [1.165, 1.54) is 44.5 Å². The molecule has 102 valence electrons. The summed E-state index contributed by atoms with van der Waals surface area (Å²) in [5.74, 6) is 3.02. The number of aryl methyl sites for hydroxylation is 2. The first-order valence-electron chi connectivity index (χ1n) is 7.48. The first-order chi connectivity index (χ1) is 8.81. The third-order valence-electron chi connectivity index (χ3n) is 4.38. The van der Waals surface area contributed by atoms with E-state index in [-0.39, 0.29) is 0 Å². The Morgan fingerprint density at radius 2 is 2.22 bits per heavy atom. The van der Waals surface area contributed by atoms with Gasteiger partial charge in [0.1, 0.15) is 5.82 Å². The van der Waals surface area contributed by atoms with Gasteiger partial charge in [0, 0.05) is 25.9 Å². The molecule has 0 radical (unpaired) electrons. The molecule has 2 rings (SSSR count). The Balaban J connectivity index is 1.86. The van der Waals surface area contributed by atoms with Gasteiger partial charge in [0.25, 0.3) is 0 Å². The van der Waals surface area contributed by atoms with Crippen molar-refractivity contribution in [3.63, 3.8) is 0 Å². The van der Waals surface area contributed by atoms with Crippen molar-refractivity contribution in [2.24, 2.45) is 18.9 Å². The summed E-state index contributed by atoms with van der Waals surface area (Å²) < 4.78 is 2.15. The molecule has 1 fully saturated rings. The van der Waals surface area contributed by atoms with Crippen LogP contribution < -0.4 is 5.32 Å². The van der Waals surface area contributed by atoms with Crippen LogP contribution in [0.25, 0.3) is 0 Å². The van der Waals surface area contributed by atoms with Crippen LogP contribution in [0.15, 0.2) is 12.4 Å². The van der Waals surface area contributed by atoms with E-state index in [0.29, 0.717) is 0 Å². The second-order valence-electron chi connectivity index (χ2n) is 5.61. The van der Waals surface area contributed by atoms with Crippen molar-refractivity contribution in [2.45, 2.75) is 45.4 Å². The Morgan fingerprint density at radius 3 is 2.83 bits per heavy atom. The second-order valence-corrected chi connectivity index (χ2v) is 5.61. The van der Waals surface area contributed by atoms with Gasteiger partial charge in [-0.1, -0.05) is 32.6 Å². The lowest BCUT2D eigenvalue weighted by Crippen LogP contribution is -2.28. The van der Waals surface area contributed by atoms with Crippen molar-refractivity contribution in [1.82, 2.24) is 14.9 Å². The molecule has 1 N–H and O–H groups in total. The summed E-state index contributed by atoms with van der Waals surface area (Å²) in [5, 5.41) is 3.54. The van der Waals surface area contributed by atoms with Gasteiger partial charge in [-0.25, -0.2) is 4.98 Å². The highest BCUT2D eigenvalue weighted by molar-refractivity contribution is 4.92. The lowest BCUT2D eigenvalue weighted by molar-refractivity contribution is 0.304. The monoisotopic (exact) mass is 249 g/mol. The van der Waals surface area contributed by atoms with E-state index in [0.717, 1.165) is 24.8 Å². The molecular formula is C15H27N3. The molecule has 0 spiro atoms. The molecule has 1 aliphatic carbocycles. The van der Waals surface area contributed by atoms with Gasteiger partial charge in [0.05, 0.1) is 0 Å². The predicted molar refractivity (Wildman–Crippen MR) is 75.5 cm³/mol. The first kappa shape index (κ1) is 13.6. The van der Waals surface area contributed by atoms with Crippen LogP contribution in [0.2, 0.25) is 0 Å². The second kappa shape index (κ2) is 6.93. The maximum atomic E-state index is 4.44. The Labute approximate surface area is 111 Å². The highest BCUT2D eigenvalue weighted by Gasteiger charge is 2.24. The summed E-state index contributed by atoms with van der Waals surface area (Å²) in [4.78, 5) is 4.44. The molecule has 1 heterocycles. The zero-order chi connectivity index (χ0) is 12.8. The topological polar surface area (TPSA) is 29.9 Å². The molecular weight excluding hydrogens is 222 g/mol. The van der Waals surface area contributed by atoms with E-state index >= 15 is 0 Å². The van der Waals surface area contributed by atoms with Gasteiger partial charge in [-0.2, -0.15) is 0 Å². The molecule has 3 nitrogen and oxygen atoms in total. The summed E-state index contributed by atoms with van der Waals surface area (Å²) in [6.07, 6.45) is 12.1.